The van der Waals surface area contributed by atoms with Gasteiger partial charge in [-0.2, -0.15) is 0 Å². The number of ether oxygens (including phenoxy) is 1. The number of aryl methyl sites for hydroxylation is 1. The van der Waals surface area contributed by atoms with E-state index in [-0.39, 0.29) is 12.1 Å². The zero-order valence-electron chi connectivity index (χ0n) is 22.2. The Morgan fingerprint density at radius 3 is 2.22 bits per heavy atom. The van der Waals surface area contributed by atoms with E-state index < -0.39 is 5.41 Å². The van der Waals surface area contributed by atoms with Crippen molar-refractivity contribution in [2.75, 3.05) is 37.6 Å². The average Bonchev–Trinajstić information content (AvgIpc) is 2.89. The third kappa shape index (κ3) is 6.36. The minimum Gasteiger partial charge on any atom is -0.462 e. The van der Waals surface area contributed by atoms with Crippen molar-refractivity contribution >= 4 is 11.7 Å². The van der Waals surface area contributed by atoms with E-state index in [0.717, 1.165) is 51.1 Å². The molecule has 0 saturated carbocycles. The molecule has 0 N–H and O–H groups in total. The number of anilines is 1. The molecule has 1 unspecified atom stereocenters. The molecule has 0 amide bonds. The highest BCUT2D eigenvalue weighted by Gasteiger charge is 2.37. The summed E-state index contributed by atoms with van der Waals surface area (Å²) < 4.78 is 5.66. The van der Waals surface area contributed by atoms with Crippen molar-refractivity contribution in [1.29, 1.82) is 0 Å². The van der Waals surface area contributed by atoms with E-state index in [1.165, 1.54) is 22.4 Å². The molecule has 1 atom stereocenters. The monoisotopic (exact) mass is 484 g/mol. The summed E-state index contributed by atoms with van der Waals surface area (Å²) in [5.41, 5.74) is 5.53. The van der Waals surface area contributed by atoms with Crippen LogP contribution in [0.5, 0.6) is 0 Å². The Morgan fingerprint density at radius 2 is 1.58 bits per heavy atom. The van der Waals surface area contributed by atoms with Gasteiger partial charge in [0.05, 0.1) is 11.5 Å². The number of benzene rings is 3. The van der Waals surface area contributed by atoms with Gasteiger partial charge in [-0.05, 0) is 75.9 Å². The molecule has 4 heteroatoms. The summed E-state index contributed by atoms with van der Waals surface area (Å²) in [5.74, 6) is -0.123. The Kier molecular flexibility index (Phi) is 8.48. The minimum atomic E-state index is -0.619. The van der Waals surface area contributed by atoms with E-state index in [9.17, 15) is 4.79 Å². The summed E-state index contributed by atoms with van der Waals surface area (Å²) in [6, 6.07) is 27.7. The van der Waals surface area contributed by atoms with Gasteiger partial charge in [0, 0.05) is 31.9 Å². The van der Waals surface area contributed by atoms with Crippen LogP contribution in [0.25, 0.3) is 11.1 Å². The molecule has 0 spiro atoms. The third-order valence-electron chi connectivity index (χ3n) is 7.31. The summed E-state index contributed by atoms with van der Waals surface area (Å²) in [7, 11) is 0. The number of carbonyl (C=O) groups is 1. The summed E-state index contributed by atoms with van der Waals surface area (Å²) in [6.45, 7) is 13.1. The standard InChI is InChI=1S/C32H40N2O2/c1-25(2)36-31(35)32(4,29-12-6-5-7-13-29)18-9-19-33-20-22-34(23-21-33)30-16-14-27(15-17-30)28-11-8-10-26(3)24-28/h5-8,10-17,24-25H,9,18-23H2,1-4H3. The normalized spacial score (nSPS) is 16.1. The molecule has 3 aromatic rings. The van der Waals surface area contributed by atoms with Gasteiger partial charge in [-0.1, -0.05) is 72.3 Å². The predicted molar refractivity (Wildman–Crippen MR) is 150 cm³/mol. The fourth-order valence-electron chi connectivity index (χ4n) is 5.09. The second-order valence-corrected chi connectivity index (χ2v) is 10.5. The molecule has 1 heterocycles. The quantitative estimate of drug-likeness (QED) is 0.326. The predicted octanol–water partition coefficient (Wildman–Crippen LogP) is 6.47. The number of hydrogen-bond acceptors (Lipinski definition) is 4. The first-order valence-corrected chi connectivity index (χ1v) is 13.3. The SMILES string of the molecule is Cc1cccc(-c2ccc(N3CCN(CCCC(C)(C(=O)OC(C)C)c4ccccc4)CC3)cc2)c1. The van der Waals surface area contributed by atoms with Crippen LogP contribution in [-0.2, 0) is 14.9 Å². The van der Waals surface area contributed by atoms with Gasteiger partial charge in [-0.15, -0.1) is 0 Å². The van der Waals surface area contributed by atoms with Crippen molar-refractivity contribution in [3.8, 4) is 11.1 Å². The van der Waals surface area contributed by atoms with Crippen LogP contribution in [0.3, 0.4) is 0 Å². The molecule has 0 aromatic heterocycles. The maximum absolute atomic E-state index is 13.0. The van der Waals surface area contributed by atoms with Gasteiger partial charge < -0.3 is 9.64 Å². The van der Waals surface area contributed by atoms with Crippen molar-refractivity contribution in [2.24, 2.45) is 0 Å². The van der Waals surface area contributed by atoms with Crippen LogP contribution in [0.1, 0.15) is 44.7 Å². The van der Waals surface area contributed by atoms with E-state index >= 15 is 0 Å². The molecule has 190 valence electrons. The van der Waals surface area contributed by atoms with Crippen LogP contribution < -0.4 is 4.90 Å². The molecule has 36 heavy (non-hydrogen) atoms. The zero-order chi connectivity index (χ0) is 25.5. The third-order valence-corrected chi connectivity index (χ3v) is 7.31. The number of nitrogens with zero attached hydrogens (tertiary/aromatic N) is 2. The molecule has 1 aliphatic heterocycles. The first-order chi connectivity index (χ1) is 17.3. The fraction of sp³-hybridized carbons (Fsp3) is 0.406. The Labute approximate surface area is 216 Å². The number of carbonyl (C=O) groups excluding carboxylic acids is 1. The smallest absolute Gasteiger partial charge is 0.316 e. The Balaban J connectivity index is 1.30. The molecule has 1 aliphatic rings. The zero-order valence-corrected chi connectivity index (χ0v) is 22.2. The first kappa shape index (κ1) is 26.0. The number of rotatable bonds is 9. The molecule has 0 aliphatic carbocycles. The van der Waals surface area contributed by atoms with Crippen LogP contribution in [0.15, 0.2) is 78.9 Å². The Bertz CT molecular complexity index is 1120. The summed E-state index contributed by atoms with van der Waals surface area (Å²) in [5, 5.41) is 0. The maximum Gasteiger partial charge on any atom is 0.316 e. The van der Waals surface area contributed by atoms with E-state index in [4.69, 9.17) is 4.74 Å². The lowest BCUT2D eigenvalue weighted by Crippen LogP contribution is -2.47. The lowest BCUT2D eigenvalue weighted by molar-refractivity contribution is -0.154. The molecular formula is C32H40N2O2. The summed E-state index contributed by atoms with van der Waals surface area (Å²) in [4.78, 5) is 18.0. The molecule has 1 saturated heterocycles. The van der Waals surface area contributed by atoms with Crippen LogP contribution in [0, 0.1) is 6.92 Å². The number of piperazine rings is 1. The second-order valence-electron chi connectivity index (χ2n) is 10.5. The molecule has 1 fully saturated rings. The highest BCUT2D eigenvalue weighted by Crippen LogP contribution is 2.31. The first-order valence-electron chi connectivity index (χ1n) is 13.3. The van der Waals surface area contributed by atoms with Crippen molar-refractivity contribution in [2.45, 2.75) is 52.1 Å². The van der Waals surface area contributed by atoms with E-state index in [0.29, 0.717) is 0 Å². The molecule has 4 nitrogen and oxygen atoms in total. The number of hydrogen-bond donors (Lipinski definition) is 0. The lowest BCUT2D eigenvalue weighted by Gasteiger charge is -2.37. The van der Waals surface area contributed by atoms with Crippen LogP contribution in [0.2, 0.25) is 0 Å². The Morgan fingerprint density at radius 1 is 0.889 bits per heavy atom. The number of esters is 1. The van der Waals surface area contributed by atoms with Gasteiger partial charge in [-0.3, -0.25) is 9.69 Å². The highest BCUT2D eigenvalue weighted by molar-refractivity contribution is 5.82. The minimum absolute atomic E-state index is 0.112. The van der Waals surface area contributed by atoms with Crippen LogP contribution in [-0.4, -0.2) is 49.7 Å². The molecular weight excluding hydrogens is 444 g/mol. The molecule has 0 bridgehead atoms. The van der Waals surface area contributed by atoms with Crippen LogP contribution in [0.4, 0.5) is 5.69 Å². The highest BCUT2D eigenvalue weighted by atomic mass is 16.5. The fourth-order valence-corrected chi connectivity index (χ4v) is 5.09. The van der Waals surface area contributed by atoms with E-state index in [2.05, 4.69) is 65.3 Å². The molecule has 0 radical (unpaired) electrons. The molecule has 3 aromatic carbocycles. The Hall–Kier alpha value is -3.11. The van der Waals surface area contributed by atoms with Gasteiger partial charge in [-0.25, -0.2) is 0 Å². The van der Waals surface area contributed by atoms with E-state index in [1.807, 2.05) is 51.1 Å². The maximum atomic E-state index is 13.0. The van der Waals surface area contributed by atoms with Crippen molar-refractivity contribution < 1.29 is 9.53 Å². The van der Waals surface area contributed by atoms with Crippen molar-refractivity contribution in [1.82, 2.24) is 4.90 Å². The van der Waals surface area contributed by atoms with Crippen LogP contribution >= 0.6 is 0 Å². The summed E-state index contributed by atoms with van der Waals surface area (Å²) >= 11 is 0. The van der Waals surface area contributed by atoms with Gasteiger partial charge in [0.2, 0.25) is 0 Å². The topological polar surface area (TPSA) is 32.8 Å². The van der Waals surface area contributed by atoms with Crippen molar-refractivity contribution in [3.05, 3.63) is 90.0 Å². The van der Waals surface area contributed by atoms with Crippen molar-refractivity contribution in [3.63, 3.8) is 0 Å². The van der Waals surface area contributed by atoms with Gasteiger partial charge >= 0.3 is 5.97 Å². The average molecular weight is 485 g/mol. The van der Waals surface area contributed by atoms with Gasteiger partial charge in [0.25, 0.3) is 0 Å². The largest absolute Gasteiger partial charge is 0.462 e. The molecule has 4 rings (SSSR count). The second kappa shape index (κ2) is 11.7. The summed E-state index contributed by atoms with van der Waals surface area (Å²) in [6.07, 6.45) is 1.63. The van der Waals surface area contributed by atoms with Gasteiger partial charge in [0.1, 0.15) is 0 Å². The van der Waals surface area contributed by atoms with Gasteiger partial charge in [0.15, 0.2) is 0 Å². The van der Waals surface area contributed by atoms with E-state index in [1.54, 1.807) is 0 Å². The lowest BCUT2D eigenvalue weighted by atomic mass is 9.78.